The first-order chi connectivity index (χ1) is 6.77. The van der Waals surface area contributed by atoms with Crippen molar-refractivity contribution in [2.45, 2.75) is 39.0 Å². The second kappa shape index (κ2) is 6.44. The van der Waals surface area contributed by atoms with Crippen LogP contribution in [0, 0.1) is 11.8 Å². The lowest BCUT2D eigenvalue weighted by Crippen LogP contribution is -2.19. The van der Waals surface area contributed by atoms with E-state index in [0.717, 1.165) is 11.2 Å². The van der Waals surface area contributed by atoms with Crippen LogP contribution >= 0.6 is 15.9 Å². The summed E-state index contributed by atoms with van der Waals surface area (Å²) in [6.45, 7) is 2.36. The first-order valence-electron chi connectivity index (χ1n) is 5.49. The van der Waals surface area contributed by atoms with Crippen molar-refractivity contribution in [1.29, 1.82) is 0 Å². The number of hydrogen-bond donors (Lipinski definition) is 0. The van der Waals surface area contributed by atoms with Crippen LogP contribution in [0.25, 0.3) is 0 Å². The van der Waals surface area contributed by atoms with Crippen LogP contribution in [0.1, 0.15) is 39.0 Å². The van der Waals surface area contributed by atoms with Gasteiger partial charge >= 0.3 is 5.97 Å². The van der Waals surface area contributed by atoms with Gasteiger partial charge in [0, 0.05) is 11.8 Å². The highest BCUT2D eigenvalue weighted by molar-refractivity contribution is 9.09. The summed E-state index contributed by atoms with van der Waals surface area (Å²) >= 11 is 3.50. The van der Waals surface area contributed by atoms with Crippen molar-refractivity contribution >= 4 is 21.9 Å². The SMILES string of the molecule is CCOC(=O)CC(CBr)C1CCCC1. The number of alkyl halides is 1. The Morgan fingerprint density at radius 1 is 1.50 bits per heavy atom. The van der Waals surface area contributed by atoms with Crippen molar-refractivity contribution in [3.05, 3.63) is 0 Å². The Bertz CT molecular complexity index is 176. The molecule has 0 aromatic rings. The topological polar surface area (TPSA) is 26.3 Å². The maximum Gasteiger partial charge on any atom is 0.306 e. The molecule has 0 radical (unpaired) electrons. The van der Waals surface area contributed by atoms with Crippen LogP contribution < -0.4 is 0 Å². The summed E-state index contributed by atoms with van der Waals surface area (Å²) in [5.74, 6) is 1.18. The monoisotopic (exact) mass is 262 g/mol. The standard InChI is InChI=1S/C11H19BrO2/c1-2-14-11(13)7-10(8-12)9-5-3-4-6-9/h9-10H,2-8H2,1H3. The third kappa shape index (κ3) is 3.60. The fraction of sp³-hybridized carbons (Fsp3) is 0.909. The molecular formula is C11H19BrO2. The second-order valence-electron chi connectivity index (χ2n) is 3.97. The lowest BCUT2D eigenvalue weighted by atomic mass is 9.90. The van der Waals surface area contributed by atoms with E-state index in [4.69, 9.17) is 4.74 Å². The minimum Gasteiger partial charge on any atom is -0.466 e. The van der Waals surface area contributed by atoms with Crippen LogP contribution in [0.2, 0.25) is 0 Å². The van der Waals surface area contributed by atoms with Crippen molar-refractivity contribution in [1.82, 2.24) is 0 Å². The number of esters is 1. The highest BCUT2D eigenvalue weighted by atomic mass is 79.9. The number of hydrogen-bond acceptors (Lipinski definition) is 2. The maximum atomic E-state index is 11.3. The first kappa shape index (κ1) is 12.0. The van der Waals surface area contributed by atoms with E-state index in [1.54, 1.807) is 0 Å². The van der Waals surface area contributed by atoms with E-state index in [2.05, 4.69) is 15.9 Å². The van der Waals surface area contributed by atoms with Crippen molar-refractivity contribution in [3.63, 3.8) is 0 Å². The van der Waals surface area contributed by atoms with Gasteiger partial charge in [0.15, 0.2) is 0 Å². The summed E-state index contributed by atoms with van der Waals surface area (Å²) in [6.07, 6.45) is 5.82. The predicted molar refractivity (Wildman–Crippen MR) is 60.5 cm³/mol. The summed E-state index contributed by atoms with van der Waals surface area (Å²) in [6, 6.07) is 0. The quantitative estimate of drug-likeness (QED) is 0.562. The highest BCUT2D eigenvalue weighted by Crippen LogP contribution is 2.34. The maximum absolute atomic E-state index is 11.3. The molecule has 1 aliphatic rings. The average molecular weight is 263 g/mol. The van der Waals surface area contributed by atoms with Gasteiger partial charge in [-0.3, -0.25) is 4.79 Å². The zero-order chi connectivity index (χ0) is 10.4. The minimum absolute atomic E-state index is 0.0381. The number of ether oxygens (including phenoxy) is 1. The molecule has 0 bridgehead atoms. The second-order valence-corrected chi connectivity index (χ2v) is 4.62. The van der Waals surface area contributed by atoms with Gasteiger partial charge in [0.2, 0.25) is 0 Å². The third-order valence-electron chi connectivity index (χ3n) is 3.00. The van der Waals surface area contributed by atoms with E-state index < -0.39 is 0 Å². The molecule has 3 heteroatoms. The molecule has 0 amide bonds. The zero-order valence-electron chi connectivity index (χ0n) is 8.80. The van der Waals surface area contributed by atoms with Crippen molar-refractivity contribution in [2.24, 2.45) is 11.8 Å². The van der Waals surface area contributed by atoms with E-state index >= 15 is 0 Å². The summed E-state index contributed by atoms with van der Waals surface area (Å²) in [5.41, 5.74) is 0. The Morgan fingerprint density at radius 3 is 2.64 bits per heavy atom. The minimum atomic E-state index is -0.0381. The summed E-state index contributed by atoms with van der Waals surface area (Å²) in [5, 5.41) is 0.927. The molecule has 0 aromatic carbocycles. The van der Waals surface area contributed by atoms with Crippen LogP contribution in [0.5, 0.6) is 0 Å². The third-order valence-corrected chi connectivity index (χ3v) is 3.83. The molecule has 0 spiro atoms. The van der Waals surface area contributed by atoms with Crippen molar-refractivity contribution in [2.75, 3.05) is 11.9 Å². The molecule has 82 valence electrons. The van der Waals surface area contributed by atoms with E-state index in [-0.39, 0.29) is 5.97 Å². The Hall–Kier alpha value is -0.0500. The largest absolute Gasteiger partial charge is 0.466 e. The Labute approximate surface area is 94.5 Å². The van der Waals surface area contributed by atoms with E-state index in [0.29, 0.717) is 18.9 Å². The fourth-order valence-corrected chi connectivity index (χ4v) is 2.97. The van der Waals surface area contributed by atoms with Crippen LogP contribution in [-0.2, 0) is 9.53 Å². The van der Waals surface area contributed by atoms with Gasteiger partial charge in [-0.15, -0.1) is 0 Å². The van der Waals surface area contributed by atoms with Gasteiger partial charge in [-0.25, -0.2) is 0 Å². The summed E-state index contributed by atoms with van der Waals surface area (Å²) < 4.78 is 4.97. The molecule has 1 unspecified atom stereocenters. The molecule has 0 aliphatic heterocycles. The normalized spacial score (nSPS) is 19.6. The van der Waals surface area contributed by atoms with Gasteiger partial charge in [-0.05, 0) is 18.8 Å². The highest BCUT2D eigenvalue weighted by Gasteiger charge is 2.26. The van der Waals surface area contributed by atoms with E-state index in [1.165, 1.54) is 25.7 Å². The van der Waals surface area contributed by atoms with Gasteiger partial charge in [0.05, 0.1) is 6.61 Å². The van der Waals surface area contributed by atoms with Crippen molar-refractivity contribution < 1.29 is 9.53 Å². The molecule has 1 rings (SSSR count). The number of carbonyl (C=O) groups is 1. The lowest BCUT2D eigenvalue weighted by Gasteiger charge is -2.19. The molecule has 0 N–H and O–H groups in total. The van der Waals surface area contributed by atoms with Crippen LogP contribution in [0.4, 0.5) is 0 Å². The van der Waals surface area contributed by atoms with Gasteiger partial charge in [0.1, 0.15) is 0 Å². The molecule has 1 aliphatic carbocycles. The van der Waals surface area contributed by atoms with Gasteiger partial charge in [-0.2, -0.15) is 0 Å². The van der Waals surface area contributed by atoms with Crippen LogP contribution in [-0.4, -0.2) is 17.9 Å². The number of carbonyl (C=O) groups excluding carboxylic acids is 1. The van der Waals surface area contributed by atoms with Gasteiger partial charge in [-0.1, -0.05) is 41.6 Å². The zero-order valence-corrected chi connectivity index (χ0v) is 10.4. The van der Waals surface area contributed by atoms with Gasteiger partial charge < -0.3 is 4.74 Å². The Balaban J connectivity index is 2.33. The van der Waals surface area contributed by atoms with Crippen LogP contribution in [0.15, 0.2) is 0 Å². The summed E-state index contributed by atoms with van der Waals surface area (Å²) in [7, 11) is 0. The average Bonchev–Trinajstić information content (AvgIpc) is 2.67. The molecule has 0 saturated heterocycles. The molecule has 0 heterocycles. The lowest BCUT2D eigenvalue weighted by molar-refractivity contribution is -0.144. The number of rotatable bonds is 5. The van der Waals surface area contributed by atoms with E-state index in [1.807, 2.05) is 6.92 Å². The molecular weight excluding hydrogens is 244 g/mol. The molecule has 1 saturated carbocycles. The summed E-state index contributed by atoms with van der Waals surface area (Å²) in [4.78, 5) is 11.3. The molecule has 0 aromatic heterocycles. The Morgan fingerprint density at radius 2 is 2.14 bits per heavy atom. The molecule has 14 heavy (non-hydrogen) atoms. The predicted octanol–water partition coefficient (Wildman–Crippen LogP) is 3.14. The van der Waals surface area contributed by atoms with Crippen molar-refractivity contribution in [3.8, 4) is 0 Å². The first-order valence-corrected chi connectivity index (χ1v) is 6.61. The Kier molecular flexibility index (Phi) is 5.53. The molecule has 1 atom stereocenters. The van der Waals surface area contributed by atoms with Crippen LogP contribution in [0.3, 0.4) is 0 Å². The number of halogens is 1. The molecule has 2 nitrogen and oxygen atoms in total. The van der Waals surface area contributed by atoms with Gasteiger partial charge in [0.25, 0.3) is 0 Å². The molecule has 1 fully saturated rings. The smallest absolute Gasteiger partial charge is 0.306 e. The fourth-order valence-electron chi connectivity index (χ4n) is 2.21. The van der Waals surface area contributed by atoms with E-state index in [9.17, 15) is 4.79 Å².